The van der Waals surface area contributed by atoms with Gasteiger partial charge in [0.2, 0.25) is 0 Å². The van der Waals surface area contributed by atoms with Gasteiger partial charge in [-0.25, -0.2) is 0 Å². The van der Waals surface area contributed by atoms with Crippen molar-refractivity contribution < 1.29 is 9.05 Å². The maximum atomic E-state index is 6.34. The van der Waals surface area contributed by atoms with Crippen molar-refractivity contribution in [2.75, 3.05) is 31.7 Å². The van der Waals surface area contributed by atoms with Crippen molar-refractivity contribution in [1.29, 1.82) is 0 Å². The first kappa shape index (κ1) is 15.4. The van der Waals surface area contributed by atoms with Crippen LogP contribution < -0.4 is 0 Å². The molecule has 0 aliphatic carbocycles. The SMILES string of the molecule is CCCCP1(CCCC)(CCCC)OCCO1. The second kappa shape index (κ2) is 7.07. The molecule has 0 amide bonds. The van der Waals surface area contributed by atoms with Gasteiger partial charge in [0, 0.05) is 0 Å². The summed E-state index contributed by atoms with van der Waals surface area (Å²) in [5.74, 6) is 0. The van der Waals surface area contributed by atoms with E-state index >= 15 is 0 Å². The molecule has 1 heterocycles. The molecule has 1 rings (SSSR count). The van der Waals surface area contributed by atoms with Gasteiger partial charge >= 0.3 is 107 Å². The van der Waals surface area contributed by atoms with Crippen molar-refractivity contribution in [1.82, 2.24) is 0 Å². The van der Waals surface area contributed by atoms with Crippen molar-refractivity contribution in [3.8, 4) is 0 Å². The van der Waals surface area contributed by atoms with Crippen molar-refractivity contribution in [2.24, 2.45) is 0 Å². The summed E-state index contributed by atoms with van der Waals surface area (Å²) in [5, 5.41) is 0. The molecule has 0 saturated carbocycles. The molecule has 1 saturated heterocycles. The number of hydrogen-bond donors (Lipinski definition) is 0. The molecular weight excluding hydrogens is 231 g/mol. The third kappa shape index (κ3) is 3.91. The van der Waals surface area contributed by atoms with Crippen molar-refractivity contribution in [3.05, 3.63) is 0 Å². The van der Waals surface area contributed by atoms with Crippen LogP contribution in [0.2, 0.25) is 0 Å². The van der Waals surface area contributed by atoms with E-state index in [-0.39, 0.29) is 0 Å². The summed E-state index contributed by atoms with van der Waals surface area (Å²) in [7, 11) is -2.22. The van der Waals surface area contributed by atoms with Crippen molar-refractivity contribution in [2.45, 2.75) is 59.3 Å². The van der Waals surface area contributed by atoms with E-state index in [9.17, 15) is 0 Å². The Hall–Kier alpha value is 0.350. The van der Waals surface area contributed by atoms with E-state index in [0.717, 1.165) is 13.2 Å². The van der Waals surface area contributed by atoms with Crippen LogP contribution in [0, 0.1) is 0 Å². The Balaban J connectivity index is 2.75. The Bertz CT molecular complexity index is 184. The van der Waals surface area contributed by atoms with Gasteiger partial charge in [0.05, 0.1) is 0 Å². The van der Waals surface area contributed by atoms with Gasteiger partial charge in [-0.15, -0.1) is 0 Å². The molecule has 3 heteroatoms. The normalized spacial score (nSPS) is 24.3. The first-order valence-electron chi connectivity index (χ1n) is 7.51. The molecule has 0 N–H and O–H groups in total. The summed E-state index contributed by atoms with van der Waals surface area (Å²) >= 11 is 0. The average molecular weight is 262 g/mol. The van der Waals surface area contributed by atoms with E-state index in [1.807, 2.05) is 0 Å². The molecule has 0 bridgehead atoms. The fourth-order valence-electron chi connectivity index (χ4n) is 2.83. The quantitative estimate of drug-likeness (QED) is 0.555. The zero-order valence-electron chi connectivity index (χ0n) is 12.0. The van der Waals surface area contributed by atoms with E-state index < -0.39 is 7.06 Å². The third-order valence-corrected chi connectivity index (χ3v) is 9.56. The fraction of sp³-hybridized carbons (Fsp3) is 1.00. The zero-order chi connectivity index (χ0) is 12.6. The molecule has 0 spiro atoms. The van der Waals surface area contributed by atoms with E-state index in [1.165, 1.54) is 57.0 Å². The first-order chi connectivity index (χ1) is 8.20. The predicted octanol–water partition coefficient (Wildman–Crippen LogP) is 4.82. The monoisotopic (exact) mass is 262 g/mol. The van der Waals surface area contributed by atoms with Crippen LogP contribution >= 0.6 is 7.06 Å². The maximum absolute atomic E-state index is 6.34. The number of hydrogen-bond acceptors (Lipinski definition) is 2. The Labute approximate surface area is 108 Å². The molecule has 2 nitrogen and oxygen atoms in total. The molecule has 0 aromatic rings. The van der Waals surface area contributed by atoms with Crippen LogP contribution in [0.25, 0.3) is 0 Å². The first-order valence-corrected chi connectivity index (χ1v) is 10.1. The molecule has 104 valence electrons. The predicted molar refractivity (Wildman–Crippen MR) is 78.1 cm³/mol. The summed E-state index contributed by atoms with van der Waals surface area (Å²) in [6.07, 6.45) is 11.2. The molecular formula is C14H31O2P. The molecule has 0 aromatic carbocycles. The molecule has 17 heavy (non-hydrogen) atoms. The summed E-state index contributed by atoms with van der Waals surface area (Å²) in [6.45, 7) is 8.49. The molecule has 0 aromatic heterocycles. The van der Waals surface area contributed by atoms with Crippen LogP contribution in [0.3, 0.4) is 0 Å². The van der Waals surface area contributed by atoms with Gasteiger partial charge in [-0.3, -0.25) is 0 Å². The van der Waals surface area contributed by atoms with Crippen LogP contribution in [-0.4, -0.2) is 31.7 Å². The van der Waals surface area contributed by atoms with Crippen molar-refractivity contribution in [3.63, 3.8) is 0 Å². The van der Waals surface area contributed by atoms with E-state index in [0.29, 0.717) is 0 Å². The number of rotatable bonds is 9. The summed E-state index contributed by atoms with van der Waals surface area (Å²) < 4.78 is 12.7. The Morgan fingerprint density at radius 2 is 1.06 bits per heavy atom. The second-order valence-electron chi connectivity index (χ2n) is 5.42. The zero-order valence-corrected chi connectivity index (χ0v) is 12.9. The van der Waals surface area contributed by atoms with Gasteiger partial charge in [-0.05, 0) is 0 Å². The standard InChI is InChI=1S/C14H31O2P/c1-4-7-12-17(13-8-5-2,14-9-6-3)15-10-11-16-17/h4-14H2,1-3H3. The van der Waals surface area contributed by atoms with Gasteiger partial charge in [0.25, 0.3) is 0 Å². The van der Waals surface area contributed by atoms with Crippen LogP contribution in [-0.2, 0) is 9.05 Å². The van der Waals surface area contributed by atoms with Crippen molar-refractivity contribution >= 4 is 7.06 Å². The fourth-order valence-corrected chi connectivity index (χ4v) is 8.49. The Kier molecular flexibility index (Phi) is 6.40. The van der Waals surface area contributed by atoms with Crippen LogP contribution in [0.15, 0.2) is 0 Å². The third-order valence-electron chi connectivity index (χ3n) is 3.95. The van der Waals surface area contributed by atoms with Gasteiger partial charge in [0.1, 0.15) is 0 Å². The van der Waals surface area contributed by atoms with Gasteiger partial charge in [-0.1, -0.05) is 0 Å². The van der Waals surface area contributed by atoms with E-state index in [4.69, 9.17) is 9.05 Å². The van der Waals surface area contributed by atoms with Crippen LogP contribution in [0.1, 0.15) is 59.3 Å². The number of unbranched alkanes of at least 4 members (excludes halogenated alkanes) is 3. The molecule has 0 atom stereocenters. The van der Waals surface area contributed by atoms with Crippen LogP contribution in [0.4, 0.5) is 0 Å². The molecule has 1 aliphatic rings. The molecule has 1 aliphatic heterocycles. The molecule has 0 unspecified atom stereocenters. The average Bonchev–Trinajstić information content (AvgIpc) is 2.78. The van der Waals surface area contributed by atoms with E-state index in [1.54, 1.807) is 0 Å². The Morgan fingerprint density at radius 1 is 0.706 bits per heavy atom. The summed E-state index contributed by atoms with van der Waals surface area (Å²) in [4.78, 5) is 0. The Morgan fingerprint density at radius 3 is 1.35 bits per heavy atom. The topological polar surface area (TPSA) is 18.5 Å². The minimum atomic E-state index is -2.22. The summed E-state index contributed by atoms with van der Waals surface area (Å²) in [5.41, 5.74) is 0. The van der Waals surface area contributed by atoms with Gasteiger partial charge in [0.15, 0.2) is 0 Å². The molecule has 1 fully saturated rings. The van der Waals surface area contributed by atoms with Gasteiger partial charge < -0.3 is 0 Å². The molecule has 0 radical (unpaired) electrons. The van der Waals surface area contributed by atoms with E-state index in [2.05, 4.69) is 20.8 Å². The summed E-state index contributed by atoms with van der Waals surface area (Å²) in [6, 6.07) is 0. The minimum absolute atomic E-state index is 0.842. The second-order valence-corrected chi connectivity index (χ2v) is 10.3. The van der Waals surface area contributed by atoms with Crippen LogP contribution in [0.5, 0.6) is 0 Å². The van der Waals surface area contributed by atoms with Gasteiger partial charge in [-0.2, -0.15) is 0 Å².